The first kappa shape index (κ1) is 24.4. The number of hydrogen-bond acceptors (Lipinski definition) is 5. The van der Waals surface area contributed by atoms with Crippen LogP contribution in [-0.4, -0.2) is 58.7 Å². The third-order valence-electron chi connectivity index (χ3n) is 8.99. The molecule has 0 radical (unpaired) electrons. The zero-order valence-electron chi connectivity index (χ0n) is 20.7. The van der Waals surface area contributed by atoms with E-state index >= 15 is 0 Å². The van der Waals surface area contributed by atoms with Gasteiger partial charge in [0.25, 0.3) is 0 Å². The average molecular weight is 523 g/mol. The molecule has 2 aromatic rings. The Balaban J connectivity index is 1.18. The Morgan fingerprint density at radius 1 is 1.11 bits per heavy atom. The van der Waals surface area contributed by atoms with E-state index in [0.717, 1.165) is 57.0 Å². The molecule has 4 fully saturated rings. The lowest BCUT2D eigenvalue weighted by molar-refractivity contribution is -0.141. The Hall–Kier alpha value is -1.94. The van der Waals surface area contributed by atoms with Crippen molar-refractivity contribution in [3.63, 3.8) is 0 Å². The average Bonchev–Trinajstić information content (AvgIpc) is 3.18. The summed E-state index contributed by atoms with van der Waals surface area (Å²) in [5.74, 6) is 2.16. The summed E-state index contributed by atoms with van der Waals surface area (Å²) >= 11 is 0. The predicted octanol–water partition coefficient (Wildman–Crippen LogP) is 4.94. The molecule has 10 heteroatoms. The van der Waals surface area contributed by atoms with Crippen molar-refractivity contribution in [3.05, 3.63) is 35.7 Å². The fourth-order valence-electron chi connectivity index (χ4n) is 7.34. The van der Waals surface area contributed by atoms with Crippen molar-refractivity contribution in [2.45, 2.75) is 70.1 Å². The minimum Gasteiger partial charge on any atom is -0.300 e. The van der Waals surface area contributed by atoms with Crippen LogP contribution in [0.1, 0.15) is 69.3 Å². The number of fused-ring (bicyclic) bond motifs is 1. The van der Waals surface area contributed by atoms with Gasteiger partial charge in [-0.15, -0.1) is 0 Å². The molecule has 2 unspecified atom stereocenters. The molecule has 2 saturated carbocycles. The summed E-state index contributed by atoms with van der Waals surface area (Å²) in [5.41, 5.74) is 0.892. The zero-order chi connectivity index (χ0) is 25.5. The topological polar surface area (TPSA) is 68.1 Å². The van der Waals surface area contributed by atoms with E-state index in [1.165, 1.54) is 6.07 Å². The van der Waals surface area contributed by atoms with Crippen molar-refractivity contribution in [1.82, 2.24) is 19.7 Å². The Morgan fingerprint density at radius 3 is 2.50 bits per heavy atom. The van der Waals surface area contributed by atoms with Crippen LogP contribution >= 0.6 is 0 Å². The van der Waals surface area contributed by atoms with Crippen molar-refractivity contribution in [2.24, 2.45) is 17.3 Å². The normalized spacial score (nSPS) is 33.9. The van der Waals surface area contributed by atoms with E-state index in [-0.39, 0.29) is 17.2 Å². The SMILES string of the molecule is CC(C)n1nc(-c2cccc(C(F)(F)F)n2)cc1C1[C@H]2CC(N3CCC[C@]4(CCS(=O)(=O)C4)C3)C[C@@H]12. The fourth-order valence-corrected chi connectivity index (χ4v) is 9.54. The summed E-state index contributed by atoms with van der Waals surface area (Å²) in [5, 5.41) is 4.68. The number of hydrogen-bond donors (Lipinski definition) is 0. The van der Waals surface area contributed by atoms with Crippen molar-refractivity contribution >= 4 is 9.84 Å². The Kier molecular flexibility index (Phi) is 5.61. The van der Waals surface area contributed by atoms with Crippen LogP contribution in [0, 0.1) is 17.3 Å². The number of pyridine rings is 1. The maximum absolute atomic E-state index is 13.2. The molecule has 0 bridgehead atoms. The van der Waals surface area contributed by atoms with Crippen LogP contribution in [0.3, 0.4) is 0 Å². The van der Waals surface area contributed by atoms with Crippen LogP contribution in [0.2, 0.25) is 0 Å². The second-order valence-corrected chi connectivity index (χ2v) is 14.0. The summed E-state index contributed by atoms with van der Waals surface area (Å²) < 4.78 is 65.9. The van der Waals surface area contributed by atoms with E-state index < -0.39 is 21.7 Å². The number of likely N-dealkylation sites (tertiary alicyclic amines) is 1. The molecular formula is C26H33F3N4O2S. The molecule has 6 rings (SSSR count). The highest BCUT2D eigenvalue weighted by molar-refractivity contribution is 7.91. The summed E-state index contributed by atoms with van der Waals surface area (Å²) in [6, 6.07) is 6.50. The Bertz CT molecular complexity index is 1260. The molecule has 2 aromatic heterocycles. The van der Waals surface area contributed by atoms with Gasteiger partial charge in [-0.1, -0.05) is 6.07 Å². The van der Waals surface area contributed by atoms with E-state index in [4.69, 9.17) is 0 Å². The van der Waals surface area contributed by atoms with Gasteiger partial charge in [-0.05, 0) is 87.9 Å². The van der Waals surface area contributed by atoms with Gasteiger partial charge in [0.15, 0.2) is 9.84 Å². The quantitative estimate of drug-likeness (QED) is 0.569. The number of rotatable bonds is 4. The van der Waals surface area contributed by atoms with E-state index in [2.05, 4.69) is 15.0 Å². The first-order valence-corrected chi connectivity index (χ1v) is 14.9. The molecule has 2 aliphatic heterocycles. The molecule has 4 heterocycles. The lowest BCUT2D eigenvalue weighted by Crippen LogP contribution is -2.48. The van der Waals surface area contributed by atoms with Gasteiger partial charge in [0, 0.05) is 30.2 Å². The highest BCUT2D eigenvalue weighted by atomic mass is 32.2. The minimum absolute atomic E-state index is 0.0492. The van der Waals surface area contributed by atoms with Crippen LogP contribution in [0.5, 0.6) is 0 Å². The monoisotopic (exact) mass is 522 g/mol. The van der Waals surface area contributed by atoms with Gasteiger partial charge in [-0.3, -0.25) is 9.58 Å². The van der Waals surface area contributed by atoms with Crippen LogP contribution < -0.4 is 0 Å². The number of piperidine rings is 1. The summed E-state index contributed by atoms with van der Waals surface area (Å²) in [7, 11) is -2.90. The Labute approximate surface area is 210 Å². The minimum atomic E-state index is -4.49. The molecule has 4 aliphatic rings. The van der Waals surface area contributed by atoms with Crippen LogP contribution in [0.4, 0.5) is 13.2 Å². The third kappa shape index (κ3) is 4.27. The molecule has 0 N–H and O–H groups in total. The van der Waals surface area contributed by atoms with Crippen molar-refractivity contribution < 1.29 is 21.6 Å². The van der Waals surface area contributed by atoms with Gasteiger partial charge in [0.05, 0.1) is 17.2 Å². The molecule has 5 atom stereocenters. The first-order chi connectivity index (χ1) is 16.9. The lowest BCUT2D eigenvalue weighted by atomic mass is 9.79. The second kappa shape index (κ2) is 8.28. The van der Waals surface area contributed by atoms with Crippen LogP contribution in [-0.2, 0) is 16.0 Å². The highest BCUT2D eigenvalue weighted by Gasteiger charge is 2.59. The first-order valence-electron chi connectivity index (χ1n) is 13.0. The van der Waals surface area contributed by atoms with Crippen molar-refractivity contribution in [1.29, 1.82) is 0 Å². The number of halogens is 3. The standard InChI is InChI=1S/C26H33F3N4O2S/c1-16(2)33-22(13-21(31-33)20-5-3-6-23(30-20)26(27,28)29)24-18-11-17(12-19(18)24)32-9-4-7-25(14-32)8-10-36(34,35)15-25/h3,5-6,13,16-19,24H,4,7-12,14-15H2,1-2H3/t17?,18-,19+,24?,25-/m0/s1. The second-order valence-electron chi connectivity index (χ2n) is 11.8. The molecule has 2 aliphatic carbocycles. The molecule has 0 aromatic carbocycles. The van der Waals surface area contributed by atoms with Gasteiger partial charge in [0.1, 0.15) is 11.4 Å². The summed E-state index contributed by atoms with van der Waals surface area (Å²) in [6.07, 6.45) is 0.589. The highest BCUT2D eigenvalue weighted by Crippen LogP contribution is 2.64. The lowest BCUT2D eigenvalue weighted by Gasteiger charge is -2.43. The van der Waals surface area contributed by atoms with Crippen LogP contribution in [0.25, 0.3) is 11.4 Å². The number of alkyl halides is 3. The summed E-state index contributed by atoms with van der Waals surface area (Å²) in [4.78, 5) is 6.41. The fraction of sp³-hybridized carbons (Fsp3) is 0.692. The molecular weight excluding hydrogens is 489 g/mol. The van der Waals surface area contributed by atoms with Crippen molar-refractivity contribution in [2.75, 3.05) is 24.6 Å². The maximum Gasteiger partial charge on any atom is 0.433 e. The molecule has 1 spiro atoms. The largest absolute Gasteiger partial charge is 0.433 e. The predicted molar refractivity (Wildman–Crippen MR) is 130 cm³/mol. The third-order valence-corrected chi connectivity index (χ3v) is 10.9. The van der Waals surface area contributed by atoms with Crippen molar-refractivity contribution in [3.8, 4) is 11.4 Å². The van der Waals surface area contributed by atoms with Gasteiger partial charge in [-0.2, -0.15) is 18.3 Å². The van der Waals surface area contributed by atoms with Gasteiger partial charge in [-0.25, -0.2) is 13.4 Å². The van der Waals surface area contributed by atoms with E-state index in [9.17, 15) is 21.6 Å². The van der Waals surface area contributed by atoms with E-state index in [1.807, 2.05) is 24.6 Å². The van der Waals surface area contributed by atoms with Gasteiger partial charge < -0.3 is 0 Å². The zero-order valence-corrected chi connectivity index (χ0v) is 21.5. The number of nitrogens with zero attached hydrogens (tertiary/aromatic N) is 4. The molecule has 36 heavy (non-hydrogen) atoms. The van der Waals surface area contributed by atoms with E-state index in [1.54, 1.807) is 6.07 Å². The van der Waals surface area contributed by atoms with Gasteiger partial charge >= 0.3 is 6.18 Å². The maximum atomic E-state index is 13.2. The van der Waals surface area contributed by atoms with E-state index in [0.29, 0.717) is 41.0 Å². The molecule has 0 amide bonds. The van der Waals surface area contributed by atoms with Gasteiger partial charge in [0.2, 0.25) is 0 Å². The molecule has 2 saturated heterocycles. The number of aromatic nitrogens is 3. The molecule has 6 nitrogen and oxygen atoms in total. The summed E-state index contributed by atoms with van der Waals surface area (Å²) in [6.45, 7) is 6.04. The molecule has 196 valence electrons. The number of sulfone groups is 1. The Morgan fingerprint density at radius 2 is 1.86 bits per heavy atom. The smallest absolute Gasteiger partial charge is 0.300 e. The van der Waals surface area contributed by atoms with Crippen LogP contribution in [0.15, 0.2) is 24.3 Å².